The van der Waals surface area contributed by atoms with Gasteiger partial charge in [-0.3, -0.25) is 24.0 Å². The van der Waals surface area contributed by atoms with Crippen LogP contribution in [0.25, 0.3) is 11.1 Å². The first-order chi connectivity index (χ1) is 27.2. The summed E-state index contributed by atoms with van der Waals surface area (Å²) in [7, 11) is 1.58. The molecule has 1 N–H and O–H groups in total. The number of amides is 1. The van der Waals surface area contributed by atoms with Crippen molar-refractivity contribution in [1.82, 2.24) is 14.9 Å². The molecule has 0 spiro atoms. The van der Waals surface area contributed by atoms with Crippen molar-refractivity contribution in [1.29, 1.82) is 0 Å². The number of hydrogen-bond donors (Lipinski definition) is 1. The fourth-order valence-corrected chi connectivity index (χ4v) is 8.56. The number of oxazole rings is 1. The zero-order chi connectivity index (χ0) is 40.9. The second-order valence-electron chi connectivity index (χ2n) is 17.3. The summed E-state index contributed by atoms with van der Waals surface area (Å²) in [6, 6.07) is 7.31. The van der Waals surface area contributed by atoms with Crippen molar-refractivity contribution in [3.63, 3.8) is 0 Å². The Morgan fingerprint density at radius 3 is 2.42 bits per heavy atom. The van der Waals surface area contributed by atoms with E-state index in [2.05, 4.69) is 15.3 Å². The van der Waals surface area contributed by atoms with Gasteiger partial charge in [-0.05, 0) is 67.6 Å². The zero-order valence-electron chi connectivity index (χ0n) is 33.9. The number of benzene rings is 1. The standard InChI is InChI=1S/C44H57ClN4O8/c1-6-10-28(41(53)37(52)19-26-13-14-26)20-35(50)34-21-31(56-39-18-15-29(45)24-46-39)25-49(34)42(54)32(44(2,3)4)23-36(51)40(27-11-8-7-9-12-27)48-43-47-33-17-16-30(55-5)22-38(33)57-43/h15-18,22,24,26-28,31-32,34,40H,6-14,19-21,23,25H2,1-5H3,(H,47,48)/t28-,31-,32-,34+,40+/m1/s1. The highest BCUT2D eigenvalue weighted by atomic mass is 35.5. The van der Waals surface area contributed by atoms with E-state index in [1.54, 1.807) is 42.3 Å². The highest BCUT2D eigenvalue weighted by Gasteiger charge is 2.47. The summed E-state index contributed by atoms with van der Waals surface area (Å²) in [6.45, 7) is 7.80. The largest absolute Gasteiger partial charge is 0.497 e. The van der Waals surface area contributed by atoms with Crippen LogP contribution < -0.4 is 14.8 Å². The molecule has 12 nitrogen and oxygen atoms in total. The lowest BCUT2D eigenvalue weighted by molar-refractivity contribution is -0.147. The Morgan fingerprint density at radius 2 is 1.77 bits per heavy atom. The van der Waals surface area contributed by atoms with E-state index in [1.165, 1.54) is 6.20 Å². The first kappa shape index (κ1) is 42.3. The third-order valence-corrected chi connectivity index (χ3v) is 12.1. The van der Waals surface area contributed by atoms with Crippen LogP contribution in [0.1, 0.15) is 111 Å². The lowest BCUT2D eigenvalue weighted by Gasteiger charge is -2.36. The van der Waals surface area contributed by atoms with Crippen molar-refractivity contribution in [2.24, 2.45) is 29.1 Å². The number of methoxy groups -OCH3 is 1. The normalized spacial score (nSPS) is 20.5. The molecular weight excluding hydrogens is 748 g/mol. The van der Waals surface area contributed by atoms with Crippen LogP contribution in [-0.2, 0) is 24.0 Å². The van der Waals surface area contributed by atoms with Gasteiger partial charge in [-0.1, -0.05) is 65.0 Å². The number of aromatic nitrogens is 2. The van der Waals surface area contributed by atoms with Crippen molar-refractivity contribution in [2.75, 3.05) is 19.0 Å². The molecule has 13 heteroatoms. The van der Waals surface area contributed by atoms with Gasteiger partial charge in [0.1, 0.15) is 17.4 Å². The average molecular weight is 805 g/mol. The van der Waals surface area contributed by atoms with E-state index < -0.39 is 47.0 Å². The van der Waals surface area contributed by atoms with E-state index in [4.69, 9.17) is 25.5 Å². The second-order valence-corrected chi connectivity index (χ2v) is 17.8. The summed E-state index contributed by atoms with van der Waals surface area (Å²) in [4.78, 5) is 80.6. The minimum Gasteiger partial charge on any atom is -0.497 e. The van der Waals surface area contributed by atoms with Crippen molar-refractivity contribution >= 4 is 57.8 Å². The number of carbonyl (C=O) groups is 5. The number of nitrogens with one attached hydrogen (secondary N) is 1. The van der Waals surface area contributed by atoms with Crippen LogP contribution in [0.4, 0.5) is 6.01 Å². The summed E-state index contributed by atoms with van der Waals surface area (Å²) < 4.78 is 17.6. The molecule has 6 rings (SSSR count). The molecule has 0 unspecified atom stereocenters. The maximum Gasteiger partial charge on any atom is 0.296 e. The van der Waals surface area contributed by atoms with Crippen LogP contribution in [0.2, 0.25) is 5.02 Å². The van der Waals surface area contributed by atoms with Gasteiger partial charge < -0.3 is 24.1 Å². The van der Waals surface area contributed by atoms with Gasteiger partial charge in [0.2, 0.25) is 17.6 Å². The molecule has 57 heavy (non-hydrogen) atoms. The monoisotopic (exact) mass is 804 g/mol. The average Bonchev–Trinajstić information content (AvgIpc) is 3.75. The van der Waals surface area contributed by atoms with Crippen molar-refractivity contribution < 1.29 is 37.9 Å². The van der Waals surface area contributed by atoms with E-state index in [0.29, 0.717) is 40.6 Å². The number of nitrogens with zero attached hydrogens (tertiary/aromatic N) is 3. The van der Waals surface area contributed by atoms with Crippen molar-refractivity contribution in [3.05, 3.63) is 41.6 Å². The van der Waals surface area contributed by atoms with E-state index in [1.807, 2.05) is 27.7 Å². The van der Waals surface area contributed by atoms with Crippen molar-refractivity contribution in [3.8, 4) is 11.6 Å². The first-order valence-electron chi connectivity index (χ1n) is 20.7. The molecule has 1 aliphatic heterocycles. The highest BCUT2D eigenvalue weighted by Crippen LogP contribution is 2.38. The number of halogens is 1. The molecule has 308 valence electrons. The number of rotatable bonds is 19. The molecule has 3 heterocycles. The molecule has 5 atom stereocenters. The molecule has 1 amide bonds. The van der Waals surface area contributed by atoms with E-state index in [-0.39, 0.29) is 67.6 Å². The zero-order valence-corrected chi connectivity index (χ0v) is 34.6. The summed E-state index contributed by atoms with van der Waals surface area (Å²) in [6.07, 6.45) is 8.79. The molecule has 0 radical (unpaired) electrons. The summed E-state index contributed by atoms with van der Waals surface area (Å²) in [5.74, 6) is -2.00. The number of anilines is 1. The van der Waals surface area contributed by atoms with Gasteiger partial charge in [-0.2, -0.15) is 4.98 Å². The predicted molar refractivity (Wildman–Crippen MR) is 216 cm³/mol. The van der Waals surface area contributed by atoms with Crippen LogP contribution in [0.3, 0.4) is 0 Å². The van der Waals surface area contributed by atoms with Crippen LogP contribution in [0, 0.1) is 29.1 Å². The van der Waals surface area contributed by atoms with E-state index >= 15 is 0 Å². The van der Waals surface area contributed by atoms with Crippen LogP contribution in [0.5, 0.6) is 11.6 Å². The quantitative estimate of drug-likeness (QED) is 0.116. The maximum atomic E-state index is 15.0. The number of likely N-dealkylation sites (tertiary alicyclic amines) is 1. The highest BCUT2D eigenvalue weighted by molar-refractivity contribution is 6.38. The predicted octanol–water partition coefficient (Wildman–Crippen LogP) is 8.23. The smallest absolute Gasteiger partial charge is 0.296 e. The number of Topliss-reactive ketones (excluding diaryl/α,β-unsaturated/α-hetero) is 4. The molecule has 0 bridgehead atoms. The minimum absolute atomic E-state index is 0.0212. The Bertz CT molecular complexity index is 1910. The number of ether oxygens (including phenoxy) is 2. The number of pyridine rings is 1. The lowest BCUT2D eigenvalue weighted by Crippen LogP contribution is -2.49. The number of carbonyl (C=O) groups excluding carboxylic acids is 5. The molecule has 2 aromatic heterocycles. The third-order valence-electron chi connectivity index (χ3n) is 11.9. The van der Waals surface area contributed by atoms with Gasteiger partial charge in [0.05, 0.1) is 30.8 Å². The maximum absolute atomic E-state index is 15.0. The molecule has 1 aromatic carbocycles. The Labute approximate surface area is 340 Å². The summed E-state index contributed by atoms with van der Waals surface area (Å²) in [5.41, 5.74) is 0.486. The van der Waals surface area contributed by atoms with Crippen LogP contribution in [0.15, 0.2) is 40.9 Å². The molecular formula is C44H57ClN4O8. The Morgan fingerprint density at radius 1 is 1.02 bits per heavy atom. The van der Waals surface area contributed by atoms with Crippen molar-refractivity contribution in [2.45, 2.75) is 129 Å². The Balaban J connectivity index is 1.25. The number of hydrogen-bond acceptors (Lipinski definition) is 11. The summed E-state index contributed by atoms with van der Waals surface area (Å²) >= 11 is 6.06. The second kappa shape index (κ2) is 18.5. The molecule has 3 fully saturated rings. The fourth-order valence-electron chi connectivity index (χ4n) is 8.45. The molecule has 1 saturated heterocycles. The summed E-state index contributed by atoms with van der Waals surface area (Å²) in [5, 5.41) is 3.77. The van der Waals surface area contributed by atoms with Crippen LogP contribution in [-0.4, -0.2) is 75.8 Å². The van der Waals surface area contributed by atoms with Gasteiger partial charge in [0.15, 0.2) is 22.9 Å². The van der Waals surface area contributed by atoms with Crippen LogP contribution >= 0.6 is 11.6 Å². The van der Waals surface area contributed by atoms with E-state index in [9.17, 15) is 24.0 Å². The topological polar surface area (TPSA) is 158 Å². The number of ketones is 4. The lowest BCUT2D eigenvalue weighted by atomic mass is 9.74. The van der Waals surface area contributed by atoms with Gasteiger partial charge in [-0.25, -0.2) is 4.98 Å². The number of fused-ring (bicyclic) bond motifs is 1. The molecule has 3 aliphatic rings. The van der Waals surface area contributed by atoms with Gasteiger partial charge in [-0.15, -0.1) is 0 Å². The Hall–Kier alpha value is -4.32. The fraction of sp³-hybridized carbons (Fsp3) is 0.614. The molecule has 2 aliphatic carbocycles. The Kier molecular flexibility index (Phi) is 13.7. The van der Waals surface area contributed by atoms with Gasteiger partial charge in [0.25, 0.3) is 6.01 Å². The first-order valence-corrected chi connectivity index (χ1v) is 21.0. The van der Waals surface area contributed by atoms with E-state index in [0.717, 1.165) is 44.9 Å². The van der Waals surface area contributed by atoms with Gasteiger partial charge in [0, 0.05) is 55.8 Å². The minimum atomic E-state index is -0.913. The van der Waals surface area contributed by atoms with Gasteiger partial charge >= 0.3 is 0 Å². The third kappa shape index (κ3) is 10.8. The molecule has 2 saturated carbocycles. The SMILES string of the molecule is CCC[C@H](CC(=O)[C@@H]1C[C@@H](Oc2ccc(Cl)cn2)CN1C(=O)[C@@H](CC(=O)[C@@H](Nc1nc2ccc(OC)cc2o1)C1CCCCC1)C(C)(C)C)C(=O)C(=O)CC1CC1. The molecule has 3 aromatic rings.